The van der Waals surface area contributed by atoms with Gasteiger partial charge in [0.2, 0.25) is 5.69 Å². The van der Waals surface area contributed by atoms with E-state index in [-0.39, 0.29) is 17.5 Å². The molecule has 5 nitrogen and oxygen atoms in total. The number of ether oxygens (including phenoxy) is 1. The summed E-state index contributed by atoms with van der Waals surface area (Å²) >= 11 is 0. The maximum atomic E-state index is 11.0. The van der Waals surface area contributed by atoms with Crippen molar-refractivity contribution in [3.8, 4) is 11.6 Å². The minimum Gasteiger partial charge on any atom is -0.476 e. The van der Waals surface area contributed by atoms with E-state index in [9.17, 15) is 4.79 Å². The molecule has 1 N–H and O–H groups in total. The topological polar surface area (TPSA) is 72.3 Å². The van der Waals surface area contributed by atoms with Gasteiger partial charge < -0.3 is 9.84 Å². The van der Waals surface area contributed by atoms with Crippen LogP contribution in [0, 0.1) is 0 Å². The standard InChI is InChI=1S/C14H14N2O3/c1-9(2)10-5-3-4-6-11(10)19-13-12(14(17)18)15-7-8-16-13/h3-9H,1-2H3,(H,17,18). The van der Waals surface area contributed by atoms with E-state index in [1.807, 2.05) is 32.0 Å². The summed E-state index contributed by atoms with van der Waals surface area (Å²) in [5, 5.41) is 9.04. The van der Waals surface area contributed by atoms with Crippen molar-refractivity contribution in [2.75, 3.05) is 0 Å². The summed E-state index contributed by atoms with van der Waals surface area (Å²) in [7, 11) is 0. The molecule has 0 fully saturated rings. The van der Waals surface area contributed by atoms with Crippen LogP contribution in [0.1, 0.15) is 35.8 Å². The molecule has 2 aromatic rings. The first-order valence-corrected chi connectivity index (χ1v) is 5.90. The van der Waals surface area contributed by atoms with Crippen molar-refractivity contribution in [3.05, 3.63) is 47.9 Å². The van der Waals surface area contributed by atoms with Crippen LogP contribution in [0.4, 0.5) is 0 Å². The minimum atomic E-state index is -1.16. The van der Waals surface area contributed by atoms with Gasteiger partial charge in [-0.1, -0.05) is 32.0 Å². The molecule has 1 aromatic heterocycles. The van der Waals surface area contributed by atoms with Crippen LogP contribution < -0.4 is 4.74 Å². The van der Waals surface area contributed by atoms with Gasteiger partial charge in [-0.15, -0.1) is 0 Å². The first-order valence-electron chi connectivity index (χ1n) is 5.90. The first kappa shape index (κ1) is 13.0. The molecule has 5 heteroatoms. The molecule has 0 spiro atoms. The molecule has 0 unspecified atom stereocenters. The van der Waals surface area contributed by atoms with Crippen molar-refractivity contribution in [1.29, 1.82) is 0 Å². The molecule has 19 heavy (non-hydrogen) atoms. The minimum absolute atomic E-state index is 0.00287. The van der Waals surface area contributed by atoms with E-state index in [1.165, 1.54) is 12.4 Å². The van der Waals surface area contributed by atoms with Gasteiger partial charge in [0.25, 0.3) is 5.88 Å². The van der Waals surface area contributed by atoms with E-state index in [0.29, 0.717) is 5.75 Å². The Balaban J connectivity index is 2.39. The summed E-state index contributed by atoms with van der Waals surface area (Å²) < 4.78 is 5.61. The lowest BCUT2D eigenvalue weighted by Gasteiger charge is -2.13. The summed E-state index contributed by atoms with van der Waals surface area (Å²) in [5.74, 6) is -0.296. The highest BCUT2D eigenvalue weighted by molar-refractivity contribution is 5.87. The highest BCUT2D eigenvalue weighted by Crippen LogP contribution is 2.30. The number of hydrogen-bond donors (Lipinski definition) is 1. The Morgan fingerprint density at radius 3 is 2.58 bits per heavy atom. The van der Waals surface area contributed by atoms with Crippen LogP contribution in [-0.2, 0) is 0 Å². The predicted molar refractivity (Wildman–Crippen MR) is 69.6 cm³/mol. The van der Waals surface area contributed by atoms with Crippen LogP contribution in [0.5, 0.6) is 11.6 Å². The van der Waals surface area contributed by atoms with Crippen LogP contribution in [-0.4, -0.2) is 21.0 Å². The van der Waals surface area contributed by atoms with E-state index in [2.05, 4.69) is 9.97 Å². The molecule has 0 saturated heterocycles. The Morgan fingerprint density at radius 1 is 1.21 bits per heavy atom. The fourth-order valence-electron chi connectivity index (χ4n) is 1.70. The number of rotatable bonds is 4. The maximum absolute atomic E-state index is 11.0. The number of benzene rings is 1. The number of aromatic nitrogens is 2. The smallest absolute Gasteiger partial charge is 0.360 e. The molecule has 0 aliphatic carbocycles. The van der Waals surface area contributed by atoms with Crippen LogP contribution in [0.15, 0.2) is 36.7 Å². The largest absolute Gasteiger partial charge is 0.476 e. The third kappa shape index (κ3) is 2.88. The summed E-state index contributed by atoms with van der Waals surface area (Å²) in [5.41, 5.74) is 0.797. The molecule has 0 radical (unpaired) electrons. The number of carboxylic acid groups (broad SMARTS) is 1. The van der Waals surface area contributed by atoms with Crippen molar-refractivity contribution < 1.29 is 14.6 Å². The van der Waals surface area contributed by atoms with Gasteiger partial charge in [0.1, 0.15) is 5.75 Å². The molecule has 0 amide bonds. The summed E-state index contributed by atoms with van der Waals surface area (Å²) in [6, 6.07) is 7.47. The molecule has 0 aliphatic rings. The quantitative estimate of drug-likeness (QED) is 0.912. The third-order valence-corrected chi connectivity index (χ3v) is 2.61. The van der Waals surface area contributed by atoms with Crippen LogP contribution in [0.3, 0.4) is 0 Å². The highest BCUT2D eigenvalue weighted by atomic mass is 16.5. The Labute approximate surface area is 110 Å². The van der Waals surface area contributed by atoms with Gasteiger partial charge >= 0.3 is 5.97 Å². The van der Waals surface area contributed by atoms with E-state index >= 15 is 0 Å². The van der Waals surface area contributed by atoms with Crippen molar-refractivity contribution in [2.45, 2.75) is 19.8 Å². The van der Waals surface area contributed by atoms with Crippen LogP contribution in [0.2, 0.25) is 0 Å². The summed E-state index contributed by atoms with van der Waals surface area (Å²) in [4.78, 5) is 18.7. The number of carboxylic acids is 1. The molecule has 98 valence electrons. The predicted octanol–water partition coefficient (Wildman–Crippen LogP) is 3.09. The molecule has 0 saturated carbocycles. The molecule has 1 aromatic carbocycles. The molecule has 0 atom stereocenters. The second-order valence-corrected chi connectivity index (χ2v) is 4.31. The molecule has 1 heterocycles. The normalized spacial score (nSPS) is 10.5. The number of carbonyl (C=O) groups is 1. The molecule has 2 rings (SSSR count). The average Bonchev–Trinajstić information content (AvgIpc) is 2.39. The summed E-state index contributed by atoms with van der Waals surface area (Å²) in [6.45, 7) is 4.08. The van der Waals surface area contributed by atoms with Crippen molar-refractivity contribution >= 4 is 5.97 Å². The Kier molecular flexibility index (Phi) is 3.75. The average molecular weight is 258 g/mol. The summed E-state index contributed by atoms with van der Waals surface area (Å²) in [6.07, 6.45) is 2.73. The molecular formula is C14H14N2O3. The third-order valence-electron chi connectivity index (χ3n) is 2.61. The Bertz CT molecular complexity index is 597. The Hall–Kier alpha value is -2.43. The first-order chi connectivity index (χ1) is 9.09. The van der Waals surface area contributed by atoms with Crippen molar-refractivity contribution in [1.82, 2.24) is 9.97 Å². The lowest BCUT2D eigenvalue weighted by atomic mass is 10.0. The van der Waals surface area contributed by atoms with Gasteiger partial charge in [0.15, 0.2) is 0 Å². The zero-order valence-electron chi connectivity index (χ0n) is 10.7. The molecular weight excluding hydrogens is 244 g/mol. The lowest BCUT2D eigenvalue weighted by molar-refractivity contribution is 0.0686. The van der Waals surface area contributed by atoms with Gasteiger partial charge in [0.05, 0.1) is 0 Å². The molecule has 0 aliphatic heterocycles. The van der Waals surface area contributed by atoms with E-state index in [4.69, 9.17) is 9.84 Å². The monoisotopic (exact) mass is 258 g/mol. The van der Waals surface area contributed by atoms with Crippen LogP contribution in [0.25, 0.3) is 0 Å². The lowest BCUT2D eigenvalue weighted by Crippen LogP contribution is -2.05. The zero-order chi connectivity index (χ0) is 13.8. The van der Waals surface area contributed by atoms with Crippen molar-refractivity contribution in [2.24, 2.45) is 0 Å². The van der Waals surface area contributed by atoms with E-state index in [1.54, 1.807) is 6.07 Å². The van der Waals surface area contributed by atoms with Gasteiger partial charge in [-0.05, 0) is 17.5 Å². The second-order valence-electron chi connectivity index (χ2n) is 4.31. The number of para-hydroxylation sites is 1. The van der Waals surface area contributed by atoms with Gasteiger partial charge in [-0.25, -0.2) is 14.8 Å². The zero-order valence-corrected chi connectivity index (χ0v) is 10.7. The Morgan fingerprint density at radius 2 is 1.89 bits per heavy atom. The van der Waals surface area contributed by atoms with E-state index in [0.717, 1.165) is 5.56 Å². The van der Waals surface area contributed by atoms with Crippen molar-refractivity contribution in [3.63, 3.8) is 0 Å². The number of aromatic carboxylic acids is 1. The number of hydrogen-bond acceptors (Lipinski definition) is 4. The highest BCUT2D eigenvalue weighted by Gasteiger charge is 2.16. The van der Waals surface area contributed by atoms with Crippen LogP contribution >= 0.6 is 0 Å². The van der Waals surface area contributed by atoms with Gasteiger partial charge in [0, 0.05) is 12.4 Å². The maximum Gasteiger partial charge on any atom is 0.360 e. The SMILES string of the molecule is CC(C)c1ccccc1Oc1nccnc1C(=O)O. The second kappa shape index (κ2) is 5.48. The molecule has 0 bridgehead atoms. The fraction of sp³-hybridized carbons (Fsp3) is 0.214. The fourth-order valence-corrected chi connectivity index (χ4v) is 1.70. The van der Waals surface area contributed by atoms with Gasteiger partial charge in [-0.2, -0.15) is 0 Å². The van der Waals surface area contributed by atoms with Gasteiger partial charge in [-0.3, -0.25) is 0 Å². The van der Waals surface area contributed by atoms with E-state index < -0.39 is 5.97 Å². The number of nitrogens with zero attached hydrogens (tertiary/aromatic N) is 2.